The maximum absolute atomic E-state index is 3.96. The molecule has 0 radical (unpaired) electrons. The van der Waals surface area contributed by atoms with Crippen LogP contribution in [0.3, 0.4) is 0 Å². The van der Waals surface area contributed by atoms with Crippen molar-refractivity contribution in [3.05, 3.63) is 137 Å². The van der Waals surface area contributed by atoms with Gasteiger partial charge in [-0.2, -0.15) is 0 Å². The molecule has 0 spiro atoms. The van der Waals surface area contributed by atoms with Crippen LogP contribution in [-0.4, -0.2) is 0 Å². The van der Waals surface area contributed by atoms with Crippen LogP contribution in [0.2, 0.25) is 0 Å². The molecule has 42 heavy (non-hydrogen) atoms. The zero-order chi connectivity index (χ0) is 28.1. The fourth-order valence-corrected chi connectivity index (χ4v) is 9.27. The van der Waals surface area contributed by atoms with Crippen molar-refractivity contribution >= 4 is 33.0 Å². The third kappa shape index (κ3) is 4.80. The van der Waals surface area contributed by atoms with E-state index in [2.05, 4.69) is 148 Å². The maximum atomic E-state index is 3.96. The fraction of sp³-hybridized carbons (Fsp3) is 0.250. The van der Waals surface area contributed by atoms with Gasteiger partial charge in [-0.05, 0) is 132 Å². The van der Waals surface area contributed by atoms with E-state index in [1.807, 2.05) is 0 Å². The van der Waals surface area contributed by atoms with Crippen LogP contribution in [0.15, 0.2) is 132 Å². The Morgan fingerprint density at radius 3 is 1.36 bits per heavy atom. The van der Waals surface area contributed by atoms with E-state index < -0.39 is 0 Å². The van der Waals surface area contributed by atoms with Gasteiger partial charge in [0, 0.05) is 21.5 Å². The predicted molar refractivity (Wildman–Crippen MR) is 180 cm³/mol. The summed E-state index contributed by atoms with van der Waals surface area (Å²) in [7, 11) is 0. The number of rotatable bonds is 6. The standard InChI is InChI=1S/C40H36BrN/c41-36-22-35(40-25-28-19-29(26-40)21-30(20-28)27-40)23-39(24-36)42(37-15-11-33(12-16-37)31-7-3-1-4-8-31)38-17-13-34(14-18-38)32-9-5-2-6-10-32/h1-18,22-24,28-30H,19-21,25-27H2. The van der Waals surface area contributed by atoms with Crippen LogP contribution < -0.4 is 4.90 Å². The third-order valence-electron chi connectivity index (χ3n) is 10.3. The molecule has 4 bridgehead atoms. The van der Waals surface area contributed by atoms with Crippen molar-refractivity contribution in [2.75, 3.05) is 4.90 Å². The minimum atomic E-state index is 0.341. The Balaban J connectivity index is 1.22. The van der Waals surface area contributed by atoms with Crippen LogP contribution in [-0.2, 0) is 5.41 Å². The number of benzene rings is 5. The van der Waals surface area contributed by atoms with Gasteiger partial charge in [-0.25, -0.2) is 0 Å². The van der Waals surface area contributed by atoms with Crippen molar-refractivity contribution in [2.24, 2.45) is 17.8 Å². The van der Waals surface area contributed by atoms with E-state index in [9.17, 15) is 0 Å². The van der Waals surface area contributed by atoms with E-state index >= 15 is 0 Å². The quantitative estimate of drug-likeness (QED) is 0.185. The topological polar surface area (TPSA) is 3.24 Å². The Hall–Kier alpha value is -3.62. The molecule has 0 saturated heterocycles. The summed E-state index contributed by atoms with van der Waals surface area (Å²) in [5, 5.41) is 0. The highest BCUT2D eigenvalue weighted by Gasteiger charge is 2.51. The summed E-state index contributed by atoms with van der Waals surface area (Å²) in [6.07, 6.45) is 8.50. The lowest BCUT2D eigenvalue weighted by Crippen LogP contribution is -2.48. The first kappa shape index (κ1) is 26.0. The molecule has 0 atom stereocenters. The molecule has 1 nitrogen and oxygen atoms in total. The third-order valence-corrected chi connectivity index (χ3v) is 10.7. The van der Waals surface area contributed by atoms with Crippen molar-refractivity contribution in [1.82, 2.24) is 0 Å². The normalized spacial score (nSPS) is 24.1. The first-order valence-electron chi connectivity index (χ1n) is 15.5. The van der Waals surface area contributed by atoms with Gasteiger partial charge in [-0.15, -0.1) is 0 Å². The molecule has 2 heteroatoms. The van der Waals surface area contributed by atoms with Crippen LogP contribution >= 0.6 is 15.9 Å². The molecular formula is C40H36BrN. The molecule has 4 aliphatic rings. The Kier molecular flexibility index (Phi) is 6.56. The average Bonchev–Trinajstić information content (AvgIpc) is 3.02. The van der Waals surface area contributed by atoms with Crippen molar-refractivity contribution < 1.29 is 0 Å². The molecule has 0 unspecified atom stereocenters. The molecule has 4 aliphatic carbocycles. The lowest BCUT2D eigenvalue weighted by atomic mass is 9.48. The molecule has 5 aromatic carbocycles. The molecule has 0 heterocycles. The summed E-state index contributed by atoms with van der Waals surface area (Å²) in [6, 6.07) is 46.7. The predicted octanol–water partition coefficient (Wildman–Crippen LogP) is 11.7. The molecule has 0 amide bonds. The fourth-order valence-electron chi connectivity index (χ4n) is 8.79. The number of halogens is 1. The monoisotopic (exact) mass is 609 g/mol. The van der Waals surface area contributed by atoms with Gasteiger partial charge in [0.15, 0.2) is 0 Å². The summed E-state index contributed by atoms with van der Waals surface area (Å²) in [5.41, 5.74) is 10.4. The smallest absolute Gasteiger partial charge is 0.0475 e. The van der Waals surface area contributed by atoms with Gasteiger partial charge in [-0.3, -0.25) is 0 Å². The molecule has 4 saturated carbocycles. The van der Waals surface area contributed by atoms with Crippen LogP contribution in [0.1, 0.15) is 44.1 Å². The van der Waals surface area contributed by atoms with Crippen molar-refractivity contribution in [2.45, 2.75) is 43.9 Å². The molecule has 208 valence electrons. The Bertz CT molecular complexity index is 1570. The number of nitrogens with zero attached hydrogens (tertiary/aromatic N) is 1. The average molecular weight is 611 g/mol. The van der Waals surface area contributed by atoms with E-state index in [0.29, 0.717) is 5.41 Å². The maximum Gasteiger partial charge on any atom is 0.0475 e. The van der Waals surface area contributed by atoms with Crippen molar-refractivity contribution in [1.29, 1.82) is 0 Å². The summed E-state index contributed by atoms with van der Waals surface area (Å²) in [5.74, 6) is 2.77. The molecule has 9 rings (SSSR count). The molecule has 4 fully saturated rings. The van der Waals surface area contributed by atoms with E-state index in [1.165, 1.54) is 87.9 Å². The summed E-state index contributed by atoms with van der Waals surface area (Å²) < 4.78 is 1.18. The summed E-state index contributed by atoms with van der Waals surface area (Å²) >= 11 is 3.96. The highest BCUT2D eigenvalue weighted by Crippen LogP contribution is 2.61. The lowest BCUT2D eigenvalue weighted by molar-refractivity contribution is -0.00519. The highest BCUT2D eigenvalue weighted by atomic mass is 79.9. The summed E-state index contributed by atoms with van der Waals surface area (Å²) in [6.45, 7) is 0. The largest absolute Gasteiger partial charge is 0.310 e. The second-order valence-corrected chi connectivity index (χ2v) is 14.0. The van der Waals surface area contributed by atoms with Crippen LogP contribution in [0.4, 0.5) is 17.1 Å². The number of hydrogen-bond acceptors (Lipinski definition) is 1. The minimum Gasteiger partial charge on any atom is -0.310 e. The van der Waals surface area contributed by atoms with Crippen molar-refractivity contribution in [3.8, 4) is 22.3 Å². The lowest BCUT2D eigenvalue weighted by Gasteiger charge is -2.57. The molecule has 5 aromatic rings. The SMILES string of the molecule is Brc1cc(N(c2ccc(-c3ccccc3)cc2)c2ccc(-c3ccccc3)cc2)cc(C23CC4CC(CC(C4)C2)C3)c1. The number of anilines is 3. The minimum absolute atomic E-state index is 0.341. The van der Waals surface area contributed by atoms with Crippen molar-refractivity contribution in [3.63, 3.8) is 0 Å². The zero-order valence-electron chi connectivity index (χ0n) is 23.9. The van der Waals surface area contributed by atoms with E-state index in [0.717, 1.165) is 17.8 Å². The molecular weight excluding hydrogens is 574 g/mol. The highest BCUT2D eigenvalue weighted by molar-refractivity contribution is 9.10. The van der Waals surface area contributed by atoms with Gasteiger partial charge in [0.05, 0.1) is 0 Å². The first-order chi connectivity index (χ1) is 20.6. The number of hydrogen-bond donors (Lipinski definition) is 0. The molecule has 0 aromatic heterocycles. The zero-order valence-corrected chi connectivity index (χ0v) is 25.5. The van der Waals surface area contributed by atoms with E-state index in [-0.39, 0.29) is 0 Å². The summed E-state index contributed by atoms with van der Waals surface area (Å²) in [4.78, 5) is 2.44. The molecule has 0 aliphatic heterocycles. The van der Waals surface area contributed by atoms with Gasteiger partial charge in [-0.1, -0.05) is 101 Å². The van der Waals surface area contributed by atoms with Gasteiger partial charge < -0.3 is 4.90 Å². The Labute approximate surface area is 258 Å². The van der Waals surface area contributed by atoms with E-state index in [4.69, 9.17) is 0 Å². The van der Waals surface area contributed by atoms with E-state index in [1.54, 1.807) is 0 Å². The van der Waals surface area contributed by atoms with Crippen LogP contribution in [0, 0.1) is 17.8 Å². The Morgan fingerprint density at radius 2 is 0.905 bits per heavy atom. The second-order valence-electron chi connectivity index (χ2n) is 13.1. The van der Waals surface area contributed by atoms with Crippen LogP contribution in [0.25, 0.3) is 22.3 Å². The van der Waals surface area contributed by atoms with Gasteiger partial charge in [0.25, 0.3) is 0 Å². The van der Waals surface area contributed by atoms with Gasteiger partial charge in [0.1, 0.15) is 0 Å². The second kappa shape index (κ2) is 10.6. The van der Waals surface area contributed by atoms with Gasteiger partial charge in [0.2, 0.25) is 0 Å². The Morgan fingerprint density at radius 1 is 0.476 bits per heavy atom. The first-order valence-corrected chi connectivity index (χ1v) is 16.3. The molecule has 0 N–H and O–H groups in total. The van der Waals surface area contributed by atoms with Gasteiger partial charge >= 0.3 is 0 Å². The van der Waals surface area contributed by atoms with Crippen LogP contribution in [0.5, 0.6) is 0 Å².